The summed E-state index contributed by atoms with van der Waals surface area (Å²) >= 11 is 1.44. The van der Waals surface area contributed by atoms with E-state index in [0.29, 0.717) is 29.5 Å². The fourth-order valence-electron chi connectivity index (χ4n) is 3.79. The van der Waals surface area contributed by atoms with Gasteiger partial charge in [0.1, 0.15) is 10.7 Å². The van der Waals surface area contributed by atoms with Crippen LogP contribution in [0.3, 0.4) is 0 Å². The Balaban J connectivity index is 1.37. The number of thiazole rings is 1. The number of rotatable bonds is 5. The number of fused-ring (bicyclic) bond motifs is 1. The third-order valence-corrected chi connectivity index (χ3v) is 8.43. The Morgan fingerprint density at radius 2 is 1.67 bits per heavy atom. The summed E-state index contributed by atoms with van der Waals surface area (Å²) in [7, 11) is -3.52. The van der Waals surface area contributed by atoms with E-state index in [1.807, 2.05) is 24.3 Å². The van der Waals surface area contributed by atoms with Gasteiger partial charge in [-0.15, -0.1) is 11.3 Å². The second-order valence-corrected chi connectivity index (χ2v) is 10.7. The number of hydrogen-bond acceptors (Lipinski definition) is 7. The molecule has 0 bridgehead atoms. The highest BCUT2D eigenvalue weighted by Gasteiger charge is 2.26. The zero-order chi connectivity index (χ0) is 22.8. The van der Waals surface area contributed by atoms with Gasteiger partial charge in [-0.1, -0.05) is 18.6 Å². The van der Waals surface area contributed by atoms with Crippen molar-refractivity contribution in [2.24, 2.45) is 0 Å². The van der Waals surface area contributed by atoms with Gasteiger partial charge in [0, 0.05) is 31.2 Å². The van der Waals surface area contributed by atoms with Crippen LogP contribution < -0.4 is 5.32 Å². The monoisotopic (exact) mass is 479 g/mol. The van der Waals surface area contributed by atoms with Crippen molar-refractivity contribution in [3.8, 4) is 10.7 Å². The highest BCUT2D eigenvalue weighted by molar-refractivity contribution is 7.89. The van der Waals surface area contributed by atoms with Crippen LogP contribution in [0.15, 0.2) is 65.8 Å². The molecule has 0 unspecified atom stereocenters. The number of aromatic nitrogens is 3. The second kappa shape index (κ2) is 8.97. The normalized spacial score (nSPS) is 14.9. The third kappa shape index (κ3) is 4.37. The molecule has 1 aliphatic rings. The van der Waals surface area contributed by atoms with Crippen LogP contribution in [0.1, 0.15) is 29.8 Å². The molecule has 0 radical (unpaired) electrons. The van der Waals surface area contributed by atoms with E-state index in [1.54, 1.807) is 12.1 Å². The number of nitrogens with one attached hydrogen (secondary N) is 1. The minimum Gasteiger partial charge on any atom is -0.321 e. The van der Waals surface area contributed by atoms with Gasteiger partial charge >= 0.3 is 0 Å². The zero-order valence-electron chi connectivity index (χ0n) is 17.6. The Morgan fingerprint density at radius 1 is 0.939 bits per heavy atom. The fraction of sp³-hybridized carbons (Fsp3) is 0.217. The second-order valence-electron chi connectivity index (χ2n) is 7.68. The summed E-state index contributed by atoms with van der Waals surface area (Å²) in [4.78, 5) is 26.4. The number of benzene rings is 2. The summed E-state index contributed by atoms with van der Waals surface area (Å²) in [5.74, 6) is -0.441. The molecule has 4 aromatic rings. The van der Waals surface area contributed by atoms with E-state index < -0.39 is 15.9 Å². The average molecular weight is 480 g/mol. The van der Waals surface area contributed by atoms with Gasteiger partial charge in [-0.05, 0) is 49.2 Å². The number of carbonyl (C=O) groups excluding carboxylic acids is 1. The van der Waals surface area contributed by atoms with Crippen molar-refractivity contribution < 1.29 is 13.2 Å². The highest BCUT2D eigenvalue weighted by atomic mass is 32.2. The lowest BCUT2D eigenvalue weighted by molar-refractivity contribution is 0.102. The smallest absolute Gasteiger partial charge is 0.276 e. The minimum absolute atomic E-state index is 0.154. The molecule has 8 nitrogen and oxygen atoms in total. The molecule has 1 fully saturated rings. The van der Waals surface area contributed by atoms with Crippen LogP contribution in [-0.2, 0) is 10.0 Å². The largest absolute Gasteiger partial charge is 0.321 e. The molecule has 1 amide bonds. The average Bonchev–Trinajstić information content (AvgIpc) is 3.29. The van der Waals surface area contributed by atoms with Gasteiger partial charge in [-0.3, -0.25) is 4.79 Å². The van der Waals surface area contributed by atoms with E-state index >= 15 is 0 Å². The predicted molar refractivity (Wildman–Crippen MR) is 128 cm³/mol. The zero-order valence-corrected chi connectivity index (χ0v) is 19.3. The van der Waals surface area contributed by atoms with Gasteiger partial charge in [0.15, 0.2) is 5.69 Å². The Labute approximate surface area is 195 Å². The van der Waals surface area contributed by atoms with Gasteiger partial charge in [0.05, 0.1) is 15.1 Å². The number of anilines is 1. The maximum Gasteiger partial charge on any atom is 0.276 e. The summed E-state index contributed by atoms with van der Waals surface area (Å²) in [5.41, 5.74) is 1.86. The number of carbonyl (C=O) groups is 1. The molecule has 33 heavy (non-hydrogen) atoms. The Morgan fingerprint density at radius 3 is 2.42 bits per heavy atom. The van der Waals surface area contributed by atoms with E-state index in [9.17, 15) is 13.2 Å². The van der Waals surface area contributed by atoms with Crippen LogP contribution in [-0.4, -0.2) is 46.7 Å². The maximum absolute atomic E-state index is 13.0. The van der Waals surface area contributed by atoms with Crippen molar-refractivity contribution in [3.63, 3.8) is 0 Å². The third-order valence-electron chi connectivity index (χ3n) is 5.47. The number of piperidine rings is 1. The molecule has 0 aliphatic carbocycles. The predicted octanol–water partition coefficient (Wildman–Crippen LogP) is 4.18. The molecule has 0 saturated carbocycles. The molecular formula is C23H21N5O3S2. The van der Waals surface area contributed by atoms with E-state index in [2.05, 4.69) is 20.3 Å². The first-order valence-corrected chi connectivity index (χ1v) is 12.9. The standard InChI is InChI=1S/C23H21N5O3S2/c29-22(20-21(25-13-12-24-20)23-27-18-6-2-3-7-19(18)32-23)26-16-8-10-17(11-9-16)33(30,31)28-14-4-1-5-15-28/h2-3,6-13H,1,4-5,14-15H2,(H,26,29). The van der Waals surface area contributed by atoms with Crippen LogP contribution in [0.25, 0.3) is 20.9 Å². The van der Waals surface area contributed by atoms with E-state index in [0.717, 1.165) is 29.5 Å². The Hall–Kier alpha value is -3.21. The first kappa shape index (κ1) is 21.6. The van der Waals surface area contributed by atoms with Crippen LogP contribution in [0.2, 0.25) is 0 Å². The summed E-state index contributed by atoms with van der Waals surface area (Å²) in [6, 6.07) is 13.9. The molecule has 1 N–H and O–H groups in total. The topological polar surface area (TPSA) is 105 Å². The van der Waals surface area contributed by atoms with Gasteiger partial charge in [-0.2, -0.15) is 4.31 Å². The van der Waals surface area contributed by atoms with E-state index in [1.165, 1.54) is 40.2 Å². The molecule has 1 saturated heterocycles. The van der Waals surface area contributed by atoms with Crippen molar-refractivity contribution in [1.82, 2.24) is 19.3 Å². The number of para-hydroxylation sites is 1. The number of nitrogens with zero attached hydrogens (tertiary/aromatic N) is 4. The van der Waals surface area contributed by atoms with Gasteiger partial charge < -0.3 is 5.32 Å². The van der Waals surface area contributed by atoms with E-state index in [-0.39, 0.29) is 10.6 Å². The van der Waals surface area contributed by atoms with Crippen LogP contribution >= 0.6 is 11.3 Å². The number of amides is 1. The van der Waals surface area contributed by atoms with Crippen molar-refractivity contribution in [3.05, 3.63) is 66.6 Å². The van der Waals surface area contributed by atoms with Gasteiger partial charge in [0.25, 0.3) is 5.91 Å². The van der Waals surface area contributed by atoms with Crippen LogP contribution in [0.4, 0.5) is 5.69 Å². The minimum atomic E-state index is -3.52. The molecule has 2 aromatic carbocycles. The van der Waals surface area contributed by atoms with Gasteiger partial charge in [0.2, 0.25) is 10.0 Å². The lowest BCUT2D eigenvalue weighted by Crippen LogP contribution is -2.35. The maximum atomic E-state index is 13.0. The molecule has 168 valence electrons. The number of hydrogen-bond donors (Lipinski definition) is 1. The summed E-state index contributed by atoms with van der Waals surface area (Å²) < 4.78 is 28.2. The molecular weight excluding hydrogens is 458 g/mol. The SMILES string of the molecule is O=C(Nc1ccc(S(=O)(=O)N2CCCCC2)cc1)c1nccnc1-c1nc2ccccc2s1. The van der Waals surface area contributed by atoms with Crippen LogP contribution in [0, 0.1) is 0 Å². The van der Waals surface area contributed by atoms with Crippen molar-refractivity contribution in [2.45, 2.75) is 24.2 Å². The molecule has 10 heteroatoms. The van der Waals surface area contributed by atoms with Crippen molar-refractivity contribution in [2.75, 3.05) is 18.4 Å². The molecule has 1 aliphatic heterocycles. The van der Waals surface area contributed by atoms with Crippen molar-refractivity contribution in [1.29, 1.82) is 0 Å². The molecule has 0 spiro atoms. The molecule has 0 atom stereocenters. The van der Waals surface area contributed by atoms with Crippen molar-refractivity contribution >= 4 is 43.2 Å². The fourth-order valence-corrected chi connectivity index (χ4v) is 6.27. The Kier molecular flexibility index (Phi) is 5.88. The first-order chi connectivity index (χ1) is 16.0. The molecule has 5 rings (SSSR count). The van der Waals surface area contributed by atoms with Crippen LogP contribution in [0.5, 0.6) is 0 Å². The molecule has 2 aromatic heterocycles. The quantitative estimate of drug-likeness (QED) is 0.460. The summed E-state index contributed by atoms with van der Waals surface area (Å²) in [6.45, 7) is 1.09. The lowest BCUT2D eigenvalue weighted by atomic mass is 10.2. The first-order valence-electron chi connectivity index (χ1n) is 10.6. The van der Waals surface area contributed by atoms with E-state index in [4.69, 9.17) is 0 Å². The lowest BCUT2D eigenvalue weighted by Gasteiger charge is -2.25. The number of sulfonamides is 1. The Bertz CT molecular complexity index is 1380. The van der Waals surface area contributed by atoms with Gasteiger partial charge in [-0.25, -0.2) is 23.4 Å². The highest BCUT2D eigenvalue weighted by Crippen LogP contribution is 2.30. The summed E-state index contributed by atoms with van der Waals surface area (Å²) in [6.07, 6.45) is 5.79. The summed E-state index contributed by atoms with van der Waals surface area (Å²) in [5, 5.41) is 3.40. The molecule has 3 heterocycles.